The number of aromatic hydroxyl groups is 2. The van der Waals surface area contributed by atoms with Crippen molar-refractivity contribution in [3.8, 4) is 28.7 Å². The molecule has 0 amide bonds. The largest absolute Gasteiger partial charge is 0.504 e. The normalized spacial score (nSPS) is 17.5. The first-order valence-corrected chi connectivity index (χ1v) is 9.49. The summed E-state index contributed by atoms with van der Waals surface area (Å²) in [5.74, 6) is 0.448. The van der Waals surface area contributed by atoms with Crippen LogP contribution in [-0.2, 0) is 13.2 Å². The van der Waals surface area contributed by atoms with Gasteiger partial charge in [0.15, 0.2) is 35.2 Å². The highest BCUT2D eigenvalue weighted by Gasteiger charge is 2.35. The van der Waals surface area contributed by atoms with E-state index in [-0.39, 0.29) is 48.6 Å². The molecule has 2 atom stereocenters. The Balaban J connectivity index is 1.61. The second-order valence-corrected chi connectivity index (χ2v) is 6.98. The maximum atomic E-state index is 10.2. The van der Waals surface area contributed by atoms with Gasteiger partial charge in [-0.25, -0.2) is 0 Å². The molecule has 30 heavy (non-hydrogen) atoms. The molecule has 0 aliphatic carbocycles. The molecule has 1 heterocycles. The van der Waals surface area contributed by atoms with Gasteiger partial charge in [-0.3, -0.25) is 0 Å². The molecule has 1 aliphatic heterocycles. The maximum Gasteiger partial charge on any atom is 0.203 e. The van der Waals surface area contributed by atoms with Crippen LogP contribution in [0.15, 0.2) is 60.7 Å². The van der Waals surface area contributed by atoms with Gasteiger partial charge in [-0.1, -0.05) is 36.4 Å². The minimum Gasteiger partial charge on any atom is -0.504 e. The monoisotopic (exact) mass is 410 g/mol. The number of hydrogen-bond donors (Lipinski definition) is 4. The predicted molar refractivity (Wildman–Crippen MR) is 108 cm³/mol. The summed E-state index contributed by atoms with van der Waals surface area (Å²) in [6, 6.07) is 17.3. The van der Waals surface area contributed by atoms with Gasteiger partial charge in [-0.2, -0.15) is 0 Å². The highest BCUT2D eigenvalue weighted by Crippen LogP contribution is 2.46. The van der Waals surface area contributed by atoms with Gasteiger partial charge in [-0.15, -0.1) is 0 Å². The maximum absolute atomic E-state index is 10.2. The molecule has 0 bridgehead atoms. The van der Waals surface area contributed by atoms with E-state index in [0.29, 0.717) is 11.1 Å². The average molecular weight is 410 g/mol. The molecule has 0 fully saturated rings. The van der Waals surface area contributed by atoms with Crippen molar-refractivity contribution in [2.24, 2.45) is 0 Å². The topological polar surface area (TPSA) is 109 Å². The minimum atomic E-state index is -0.783. The molecule has 0 aromatic heterocycles. The number of phenols is 2. The Kier molecular flexibility index (Phi) is 5.65. The summed E-state index contributed by atoms with van der Waals surface area (Å²) in [5.41, 5.74) is 2.04. The lowest BCUT2D eigenvalue weighted by molar-refractivity contribution is -0.0143. The Morgan fingerprint density at radius 2 is 1.63 bits per heavy atom. The van der Waals surface area contributed by atoms with Crippen LogP contribution in [0.1, 0.15) is 22.8 Å². The molecule has 1 aliphatic rings. The van der Waals surface area contributed by atoms with Crippen molar-refractivity contribution in [3.63, 3.8) is 0 Å². The third-order valence-electron chi connectivity index (χ3n) is 4.87. The molecule has 0 saturated heterocycles. The van der Waals surface area contributed by atoms with Crippen molar-refractivity contribution in [2.45, 2.75) is 25.4 Å². The van der Waals surface area contributed by atoms with Crippen molar-refractivity contribution in [1.29, 1.82) is 0 Å². The molecular weight excluding hydrogens is 388 g/mol. The Bertz CT molecular complexity index is 1020. The van der Waals surface area contributed by atoms with E-state index in [2.05, 4.69) is 0 Å². The summed E-state index contributed by atoms with van der Waals surface area (Å²) in [4.78, 5) is 0. The number of benzene rings is 3. The van der Waals surface area contributed by atoms with Crippen molar-refractivity contribution in [1.82, 2.24) is 0 Å². The first kappa shape index (κ1) is 19.9. The summed E-state index contributed by atoms with van der Waals surface area (Å²) in [6.07, 6.45) is -1.49. The zero-order chi connectivity index (χ0) is 21.1. The summed E-state index contributed by atoms with van der Waals surface area (Å²) >= 11 is 0. The van der Waals surface area contributed by atoms with Gasteiger partial charge in [0.2, 0.25) is 5.75 Å². The van der Waals surface area contributed by atoms with E-state index >= 15 is 0 Å². The SMILES string of the molecule is OCc1cc(O)c2c(c1)OC(c1ccc(O)c(OCc3ccccc3)c1)C(CO)O2. The number of aliphatic hydroxyl groups is 2. The van der Waals surface area contributed by atoms with E-state index in [1.54, 1.807) is 18.2 Å². The van der Waals surface area contributed by atoms with Crippen LogP contribution in [0.25, 0.3) is 0 Å². The summed E-state index contributed by atoms with van der Waals surface area (Å²) in [6.45, 7) is -0.346. The lowest BCUT2D eigenvalue weighted by Crippen LogP contribution is -2.36. The average Bonchev–Trinajstić information content (AvgIpc) is 2.78. The molecule has 4 N–H and O–H groups in total. The van der Waals surface area contributed by atoms with Gasteiger partial charge in [0, 0.05) is 5.56 Å². The Morgan fingerprint density at radius 1 is 0.833 bits per heavy atom. The molecule has 7 heteroatoms. The number of fused-ring (bicyclic) bond motifs is 1. The number of phenolic OH excluding ortho intramolecular Hbond substituents is 2. The molecule has 0 saturated carbocycles. The van der Waals surface area contributed by atoms with Gasteiger partial charge in [0.05, 0.1) is 13.2 Å². The van der Waals surface area contributed by atoms with Crippen LogP contribution >= 0.6 is 0 Å². The fourth-order valence-corrected chi connectivity index (χ4v) is 3.34. The van der Waals surface area contributed by atoms with Crippen LogP contribution in [-0.4, -0.2) is 33.1 Å². The first-order valence-electron chi connectivity index (χ1n) is 9.49. The van der Waals surface area contributed by atoms with E-state index in [1.165, 1.54) is 12.1 Å². The molecule has 3 aromatic carbocycles. The van der Waals surface area contributed by atoms with E-state index < -0.39 is 12.2 Å². The van der Waals surface area contributed by atoms with Crippen LogP contribution in [0.2, 0.25) is 0 Å². The van der Waals surface area contributed by atoms with Crippen LogP contribution in [0.3, 0.4) is 0 Å². The summed E-state index contributed by atoms with van der Waals surface area (Å²) in [5, 5.41) is 39.5. The minimum absolute atomic E-state index is 0.0208. The molecule has 4 rings (SSSR count). The standard InChI is InChI=1S/C23H22O7/c24-11-15-8-18(27)23-20(9-15)29-22(21(12-25)30-23)16-6-7-17(26)19(10-16)28-13-14-4-2-1-3-5-14/h1-10,21-22,24-27H,11-13H2. The highest BCUT2D eigenvalue weighted by atomic mass is 16.6. The molecule has 7 nitrogen and oxygen atoms in total. The zero-order valence-corrected chi connectivity index (χ0v) is 16.1. The third-order valence-corrected chi connectivity index (χ3v) is 4.87. The lowest BCUT2D eigenvalue weighted by Gasteiger charge is -2.34. The fourth-order valence-electron chi connectivity index (χ4n) is 3.34. The van der Waals surface area contributed by atoms with Crippen molar-refractivity contribution < 1.29 is 34.6 Å². The number of ether oxygens (including phenoxy) is 3. The lowest BCUT2D eigenvalue weighted by atomic mass is 10.0. The van der Waals surface area contributed by atoms with Crippen molar-refractivity contribution in [3.05, 3.63) is 77.4 Å². The van der Waals surface area contributed by atoms with Crippen LogP contribution in [0.4, 0.5) is 0 Å². The molecular formula is C23H22O7. The van der Waals surface area contributed by atoms with Gasteiger partial charge >= 0.3 is 0 Å². The quantitative estimate of drug-likeness (QED) is 0.495. The second-order valence-electron chi connectivity index (χ2n) is 6.98. The molecule has 3 aromatic rings. The molecule has 156 valence electrons. The van der Waals surface area contributed by atoms with Crippen LogP contribution in [0, 0.1) is 0 Å². The fraction of sp³-hybridized carbons (Fsp3) is 0.217. The number of hydrogen-bond acceptors (Lipinski definition) is 7. The van der Waals surface area contributed by atoms with Gasteiger partial charge in [0.25, 0.3) is 0 Å². The van der Waals surface area contributed by atoms with Gasteiger partial charge < -0.3 is 34.6 Å². The molecule has 0 spiro atoms. The Labute approximate surface area is 173 Å². The third kappa shape index (κ3) is 3.98. The number of rotatable bonds is 6. The predicted octanol–water partition coefficient (Wildman–Crippen LogP) is 3.04. The smallest absolute Gasteiger partial charge is 0.203 e. The first-order chi connectivity index (χ1) is 14.6. The van der Waals surface area contributed by atoms with Crippen molar-refractivity contribution in [2.75, 3.05) is 6.61 Å². The highest BCUT2D eigenvalue weighted by molar-refractivity contribution is 5.55. The Morgan fingerprint density at radius 3 is 2.37 bits per heavy atom. The van der Waals surface area contributed by atoms with E-state index in [1.807, 2.05) is 30.3 Å². The van der Waals surface area contributed by atoms with Gasteiger partial charge in [-0.05, 0) is 35.4 Å². The van der Waals surface area contributed by atoms with Gasteiger partial charge in [0.1, 0.15) is 6.61 Å². The van der Waals surface area contributed by atoms with E-state index in [4.69, 9.17) is 14.2 Å². The van der Waals surface area contributed by atoms with Crippen molar-refractivity contribution >= 4 is 0 Å². The van der Waals surface area contributed by atoms with E-state index in [0.717, 1.165) is 5.56 Å². The molecule has 0 radical (unpaired) electrons. The summed E-state index contributed by atoms with van der Waals surface area (Å²) in [7, 11) is 0. The van der Waals surface area contributed by atoms with E-state index in [9.17, 15) is 20.4 Å². The zero-order valence-electron chi connectivity index (χ0n) is 16.1. The van der Waals surface area contributed by atoms with Crippen LogP contribution in [0.5, 0.6) is 28.7 Å². The summed E-state index contributed by atoms with van der Waals surface area (Å²) < 4.78 is 17.5. The van der Waals surface area contributed by atoms with Crippen LogP contribution < -0.4 is 14.2 Å². The Hall–Kier alpha value is -3.42. The number of aliphatic hydroxyl groups excluding tert-OH is 2. The molecule has 2 unspecified atom stereocenters. The second kappa shape index (κ2) is 8.52.